The number of carbonyl (C=O) groups excluding carboxylic acids is 1. The molecule has 17 heteroatoms. The summed E-state index contributed by atoms with van der Waals surface area (Å²) in [6, 6.07) is 10.6. The van der Waals surface area contributed by atoms with Gasteiger partial charge in [-0.15, -0.1) is 0 Å². The Hall–Kier alpha value is -3.66. The summed E-state index contributed by atoms with van der Waals surface area (Å²) in [4.78, 5) is 16.8. The molecule has 228 valence electrons. The Bertz CT molecular complexity index is 1780. The van der Waals surface area contributed by atoms with E-state index < -0.39 is 51.2 Å². The zero-order valence-electron chi connectivity index (χ0n) is 21.5. The van der Waals surface area contributed by atoms with Crippen molar-refractivity contribution in [3.8, 4) is 16.9 Å². The Labute approximate surface area is 250 Å². The molecular formula is C26H17Cl2F6N4O4S-. The molecule has 0 radical (unpaired) electrons. The Morgan fingerprint density at radius 2 is 1.67 bits per heavy atom. The first-order valence-electron chi connectivity index (χ1n) is 11.9. The summed E-state index contributed by atoms with van der Waals surface area (Å²) in [6.45, 7) is 1.47. The number of hydrogen-bond acceptors (Lipinski definition) is 6. The van der Waals surface area contributed by atoms with Crippen molar-refractivity contribution in [1.82, 2.24) is 14.8 Å². The zero-order chi connectivity index (χ0) is 31.9. The summed E-state index contributed by atoms with van der Waals surface area (Å²) < 4.78 is 114. The number of halogens is 8. The average Bonchev–Trinajstić information content (AvgIpc) is 3.23. The number of benzene rings is 2. The van der Waals surface area contributed by atoms with Crippen LogP contribution < -0.4 is 5.32 Å². The average molecular weight is 666 g/mol. The van der Waals surface area contributed by atoms with Gasteiger partial charge in [0.25, 0.3) is 5.91 Å². The second-order valence-electron chi connectivity index (χ2n) is 9.14. The molecule has 0 spiro atoms. The number of pyridine rings is 1. The number of nitrogens with one attached hydrogen (secondary N) is 1. The molecule has 8 nitrogen and oxygen atoms in total. The molecule has 4 rings (SSSR count). The van der Waals surface area contributed by atoms with Crippen LogP contribution in [0.5, 0.6) is 0 Å². The van der Waals surface area contributed by atoms with Gasteiger partial charge in [-0.3, -0.25) is 4.79 Å². The van der Waals surface area contributed by atoms with Gasteiger partial charge in [0.1, 0.15) is 15.9 Å². The minimum Gasteiger partial charge on any atom is -0.747 e. The van der Waals surface area contributed by atoms with Crippen molar-refractivity contribution in [2.24, 2.45) is 0 Å². The molecule has 2 heterocycles. The first kappa shape index (κ1) is 32.3. The third-order valence-corrected chi connectivity index (χ3v) is 7.80. The summed E-state index contributed by atoms with van der Waals surface area (Å²) in [6.07, 6.45) is -10.9. The van der Waals surface area contributed by atoms with Crippen LogP contribution in [0.25, 0.3) is 16.9 Å². The number of amides is 1. The predicted molar refractivity (Wildman–Crippen MR) is 144 cm³/mol. The molecule has 2 aromatic carbocycles. The van der Waals surface area contributed by atoms with E-state index in [1.54, 1.807) is 0 Å². The first-order chi connectivity index (χ1) is 19.8. The summed E-state index contributed by atoms with van der Waals surface area (Å²) in [5.74, 6) is -1.08. The number of alkyl halides is 6. The van der Waals surface area contributed by atoms with Gasteiger partial charge in [0.2, 0.25) is 0 Å². The molecular weight excluding hydrogens is 649 g/mol. The molecule has 0 aliphatic heterocycles. The molecule has 43 heavy (non-hydrogen) atoms. The van der Waals surface area contributed by atoms with Crippen molar-refractivity contribution in [1.29, 1.82) is 0 Å². The van der Waals surface area contributed by atoms with Crippen LogP contribution >= 0.6 is 23.2 Å². The van der Waals surface area contributed by atoms with Gasteiger partial charge in [0, 0.05) is 22.3 Å². The van der Waals surface area contributed by atoms with Gasteiger partial charge < -0.3 is 9.87 Å². The fraction of sp³-hybridized carbons (Fsp3) is 0.192. The van der Waals surface area contributed by atoms with Gasteiger partial charge in [-0.2, -0.15) is 31.4 Å². The van der Waals surface area contributed by atoms with Crippen molar-refractivity contribution in [3.63, 3.8) is 0 Å². The summed E-state index contributed by atoms with van der Waals surface area (Å²) in [7, 11) is -5.38. The molecule has 0 saturated carbocycles. The topological polar surface area (TPSA) is 117 Å². The Morgan fingerprint density at radius 1 is 1.02 bits per heavy atom. The second-order valence-corrected chi connectivity index (χ2v) is 11.5. The molecule has 0 saturated heterocycles. The monoisotopic (exact) mass is 665 g/mol. The third kappa shape index (κ3) is 7.47. The van der Waals surface area contributed by atoms with E-state index in [-0.39, 0.29) is 44.1 Å². The highest BCUT2D eigenvalue weighted by Crippen LogP contribution is 2.37. The summed E-state index contributed by atoms with van der Waals surface area (Å²) in [5, 5.41) is 4.64. The Balaban J connectivity index is 1.79. The lowest BCUT2D eigenvalue weighted by atomic mass is 10.0. The predicted octanol–water partition coefficient (Wildman–Crippen LogP) is 7.36. The third-order valence-electron chi connectivity index (χ3n) is 6.13. The van der Waals surface area contributed by atoms with Crippen LogP contribution in [0.4, 0.5) is 32.2 Å². The van der Waals surface area contributed by atoms with Gasteiger partial charge in [0.15, 0.2) is 5.69 Å². The highest BCUT2D eigenvalue weighted by Gasteiger charge is 2.36. The van der Waals surface area contributed by atoms with E-state index in [0.717, 1.165) is 24.3 Å². The molecule has 0 aliphatic carbocycles. The first-order valence-corrected chi connectivity index (χ1v) is 14.1. The van der Waals surface area contributed by atoms with Crippen LogP contribution in [-0.4, -0.2) is 39.8 Å². The molecule has 1 amide bonds. The lowest BCUT2D eigenvalue weighted by Gasteiger charge is -2.22. The molecule has 1 unspecified atom stereocenters. The smallest absolute Gasteiger partial charge is 0.417 e. The number of anilines is 1. The van der Waals surface area contributed by atoms with E-state index in [4.69, 9.17) is 23.2 Å². The van der Waals surface area contributed by atoms with Gasteiger partial charge >= 0.3 is 12.4 Å². The molecule has 4 aromatic rings. The SMILES string of the molecule is Cc1c(C(=O)Nc2ccc(C(F)(F)F)cn2)nn(-c2ccc(Cl)cc2Cl)c1-c1ccc(C(CC(F)(F)F)S(=O)(=O)[O-])cc1. The summed E-state index contributed by atoms with van der Waals surface area (Å²) >= 11 is 12.4. The van der Waals surface area contributed by atoms with E-state index in [2.05, 4.69) is 15.4 Å². The lowest BCUT2D eigenvalue weighted by Crippen LogP contribution is -2.21. The van der Waals surface area contributed by atoms with Crippen molar-refractivity contribution < 1.29 is 44.1 Å². The molecule has 1 N–H and O–H groups in total. The maximum absolute atomic E-state index is 13.2. The number of nitrogens with zero attached hydrogens (tertiary/aromatic N) is 3. The van der Waals surface area contributed by atoms with Crippen molar-refractivity contribution in [3.05, 3.63) is 93.2 Å². The van der Waals surface area contributed by atoms with Crippen molar-refractivity contribution >= 4 is 45.0 Å². The quantitative estimate of drug-likeness (QED) is 0.163. The van der Waals surface area contributed by atoms with E-state index in [0.29, 0.717) is 6.20 Å². The van der Waals surface area contributed by atoms with Gasteiger partial charge in [-0.1, -0.05) is 47.5 Å². The van der Waals surface area contributed by atoms with Gasteiger partial charge in [-0.05, 0) is 42.8 Å². The maximum atomic E-state index is 13.2. The second kappa shape index (κ2) is 11.8. The minimum atomic E-state index is -5.38. The lowest BCUT2D eigenvalue weighted by molar-refractivity contribution is -0.138. The number of rotatable bonds is 7. The van der Waals surface area contributed by atoms with Crippen LogP contribution in [0.2, 0.25) is 10.0 Å². The standard InChI is InChI=1S/C26H18Cl2F6N4O4S/c1-13-22(24(39)36-21-9-6-16(12-35-21)26(32,33)34)37-38(19-8-7-17(27)10-18(19)28)23(13)15-4-2-14(3-5-15)20(43(40,41)42)11-25(29,30)31/h2-10,12,20H,11H2,1H3,(H,35,36,39)(H,40,41,42)/p-1. The number of aromatic nitrogens is 3. The Kier molecular flexibility index (Phi) is 8.84. The summed E-state index contributed by atoms with van der Waals surface area (Å²) in [5.41, 5.74) is -0.807. The van der Waals surface area contributed by atoms with Gasteiger partial charge in [0.05, 0.1) is 33.6 Å². The van der Waals surface area contributed by atoms with Crippen LogP contribution in [-0.2, 0) is 16.3 Å². The Morgan fingerprint density at radius 3 is 2.19 bits per heavy atom. The molecule has 0 aliphatic rings. The largest absolute Gasteiger partial charge is 0.747 e. The fourth-order valence-corrected chi connectivity index (χ4v) is 5.51. The molecule has 0 fully saturated rings. The van der Waals surface area contributed by atoms with E-state index in [1.165, 1.54) is 41.9 Å². The van der Waals surface area contributed by atoms with Crippen molar-refractivity contribution in [2.75, 3.05) is 5.32 Å². The van der Waals surface area contributed by atoms with E-state index in [9.17, 15) is 44.1 Å². The van der Waals surface area contributed by atoms with Crippen molar-refractivity contribution in [2.45, 2.75) is 30.9 Å². The highest BCUT2D eigenvalue weighted by molar-refractivity contribution is 7.86. The van der Waals surface area contributed by atoms with Crippen LogP contribution in [0, 0.1) is 6.92 Å². The number of hydrogen-bond donors (Lipinski definition) is 1. The van der Waals surface area contributed by atoms with E-state index in [1.807, 2.05) is 0 Å². The van der Waals surface area contributed by atoms with Gasteiger partial charge in [-0.25, -0.2) is 18.1 Å². The van der Waals surface area contributed by atoms with E-state index >= 15 is 0 Å². The zero-order valence-corrected chi connectivity index (χ0v) is 23.8. The minimum absolute atomic E-state index is 0.0897. The van der Waals surface area contributed by atoms with Crippen LogP contribution in [0.1, 0.15) is 38.8 Å². The number of carbonyl (C=O) groups is 1. The molecule has 2 aromatic heterocycles. The molecule has 1 atom stereocenters. The van der Waals surface area contributed by atoms with Crippen LogP contribution in [0.3, 0.4) is 0 Å². The fourth-order valence-electron chi connectivity index (χ4n) is 4.14. The highest BCUT2D eigenvalue weighted by atomic mass is 35.5. The van der Waals surface area contributed by atoms with Crippen LogP contribution in [0.15, 0.2) is 60.8 Å². The maximum Gasteiger partial charge on any atom is 0.417 e. The molecule has 0 bridgehead atoms. The normalized spacial score (nSPS) is 13.2.